The Morgan fingerprint density at radius 2 is 1.87 bits per heavy atom. The normalized spacial score (nSPS) is 10.8. The second-order valence-electron chi connectivity index (χ2n) is 6.44. The summed E-state index contributed by atoms with van der Waals surface area (Å²) in [6.45, 7) is 2.75. The van der Waals surface area contributed by atoms with Crippen LogP contribution in [0.25, 0.3) is 6.08 Å². The lowest BCUT2D eigenvalue weighted by molar-refractivity contribution is -0.116. The van der Waals surface area contributed by atoms with E-state index in [-0.39, 0.29) is 5.91 Å². The molecule has 0 aliphatic rings. The number of ether oxygens (including phenoxy) is 3. The Bertz CT molecular complexity index is 1010. The van der Waals surface area contributed by atoms with Gasteiger partial charge in [0.05, 0.1) is 24.9 Å². The average molecular weight is 425 g/mol. The molecular weight excluding hydrogens is 400 g/mol. The highest BCUT2D eigenvalue weighted by molar-refractivity contribution is 7.09. The van der Waals surface area contributed by atoms with Crippen LogP contribution in [0, 0.1) is 6.92 Å². The molecule has 156 valence electrons. The first-order chi connectivity index (χ1) is 14.6. The zero-order valence-electron chi connectivity index (χ0n) is 17.2. The minimum Gasteiger partial charge on any atom is -0.497 e. The second-order valence-corrected chi connectivity index (χ2v) is 7.51. The number of amides is 1. The Kier molecular flexibility index (Phi) is 7.45. The molecule has 0 spiro atoms. The lowest BCUT2D eigenvalue weighted by Crippen LogP contribution is -2.20. The van der Waals surface area contributed by atoms with Gasteiger partial charge >= 0.3 is 0 Å². The molecule has 0 unspecified atom stereocenters. The first-order valence-corrected chi connectivity index (χ1v) is 10.3. The Labute approximate surface area is 180 Å². The van der Waals surface area contributed by atoms with Crippen molar-refractivity contribution in [3.63, 3.8) is 0 Å². The predicted octanol–water partition coefficient (Wildman–Crippen LogP) is 4.38. The van der Waals surface area contributed by atoms with E-state index in [0.717, 1.165) is 27.6 Å². The molecule has 6 nitrogen and oxygen atoms in total. The largest absolute Gasteiger partial charge is 0.497 e. The molecule has 7 heteroatoms. The third kappa shape index (κ3) is 6.09. The van der Waals surface area contributed by atoms with E-state index in [1.54, 1.807) is 31.6 Å². The molecule has 0 fully saturated rings. The number of methoxy groups -OCH3 is 2. The van der Waals surface area contributed by atoms with Crippen LogP contribution in [0.3, 0.4) is 0 Å². The molecular formula is C23H24N2O4S. The van der Waals surface area contributed by atoms with Gasteiger partial charge in [0.15, 0.2) is 0 Å². The Morgan fingerprint density at radius 3 is 2.53 bits per heavy atom. The van der Waals surface area contributed by atoms with Crippen LogP contribution in [-0.4, -0.2) is 25.1 Å². The lowest BCUT2D eigenvalue weighted by atomic mass is 10.2. The highest BCUT2D eigenvalue weighted by Gasteiger charge is 2.06. The summed E-state index contributed by atoms with van der Waals surface area (Å²) in [6.07, 6.45) is 3.26. The Morgan fingerprint density at radius 1 is 1.10 bits per heavy atom. The van der Waals surface area contributed by atoms with Crippen LogP contribution in [-0.2, 0) is 17.9 Å². The summed E-state index contributed by atoms with van der Waals surface area (Å²) in [5, 5.41) is 5.87. The maximum Gasteiger partial charge on any atom is 0.244 e. The van der Waals surface area contributed by atoms with Gasteiger partial charge in [-0.1, -0.05) is 12.1 Å². The maximum atomic E-state index is 12.2. The predicted molar refractivity (Wildman–Crippen MR) is 118 cm³/mol. The van der Waals surface area contributed by atoms with Gasteiger partial charge in [0.2, 0.25) is 5.91 Å². The number of nitrogens with zero attached hydrogens (tertiary/aromatic N) is 1. The maximum absolute atomic E-state index is 12.2. The van der Waals surface area contributed by atoms with Crippen molar-refractivity contribution < 1.29 is 19.0 Å². The zero-order chi connectivity index (χ0) is 21.3. The number of nitrogens with one attached hydrogen (secondary N) is 1. The molecule has 0 aliphatic carbocycles. The molecule has 1 amide bonds. The molecule has 0 saturated carbocycles. The van der Waals surface area contributed by atoms with Crippen molar-refractivity contribution in [1.29, 1.82) is 0 Å². The van der Waals surface area contributed by atoms with Crippen LogP contribution in [0.2, 0.25) is 0 Å². The van der Waals surface area contributed by atoms with E-state index < -0.39 is 0 Å². The van der Waals surface area contributed by atoms with Crippen molar-refractivity contribution in [3.05, 3.63) is 75.7 Å². The molecule has 3 rings (SSSR count). The molecule has 1 aromatic heterocycles. The van der Waals surface area contributed by atoms with Crippen LogP contribution >= 0.6 is 11.3 Å². The second kappa shape index (κ2) is 10.5. The zero-order valence-corrected chi connectivity index (χ0v) is 18.0. The summed E-state index contributed by atoms with van der Waals surface area (Å²) < 4.78 is 16.3. The number of rotatable bonds is 9. The fourth-order valence-corrected chi connectivity index (χ4v) is 3.34. The van der Waals surface area contributed by atoms with Gasteiger partial charge in [-0.25, -0.2) is 4.98 Å². The number of aromatic nitrogens is 1. The van der Waals surface area contributed by atoms with Gasteiger partial charge in [0, 0.05) is 23.6 Å². The van der Waals surface area contributed by atoms with Crippen molar-refractivity contribution in [2.45, 2.75) is 20.1 Å². The minimum atomic E-state index is -0.195. The number of carbonyl (C=O) groups excluding carboxylic acids is 1. The van der Waals surface area contributed by atoms with Gasteiger partial charge in [-0.15, -0.1) is 11.3 Å². The smallest absolute Gasteiger partial charge is 0.244 e. The number of aryl methyl sites for hydroxylation is 1. The molecule has 1 N–H and O–H groups in total. The summed E-state index contributed by atoms with van der Waals surface area (Å²) in [4.78, 5) is 16.5. The van der Waals surface area contributed by atoms with Crippen molar-refractivity contribution >= 4 is 23.3 Å². The molecule has 0 bridgehead atoms. The molecule has 0 saturated heterocycles. The first kappa shape index (κ1) is 21.4. The molecule has 0 atom stereocenters. The van der Waals surface area contributed by atoms with Gasteiger partial charge < -0.3 is 19.5 Å². The van der Waals surface area contributed by atoms with E-state index in [0.29, 0.717) is 24.7 Å². The number of hydrogen-bond acceptors (Lipinski definition) is 6. The fourth-order valence-electron chi connectivity index (χ4n) is 2.74. The molecule has 30 heavy (non-hydrogen) atoms. The third-order valence-electron chi connectivity index (χ3n) is 4.30. The van der Waals surface area contributed by atoms with E-state index in [1.165, 1.54) is 6.08 Å². The van der Waals surface area contributed by atoms with Gasteiger partial charge in [-0.2, -0.15) is 0 Å². The Balaban J connectivity index is 1.51. The van der Waals surface area contributed by atoms with E-state index in [2.05, 4.69) is 10.3 Å². The summed E-state index contributed by atoms with van der Waals surface area (Å²) >= 11 is 1.61. The van der Waals surface area contributed by atoms with Crippen LogP contribution in [0.5, 0.6) is 17.2 Å². The van der Waals surface area contributed by atoms with Gasteiger partial charge in [-0.05, 0) is 48.9 Å². The third-order valence-corrected chi connectivity index (χ3v) is 5.12. The van der Waals surface area contributed by atoms with Crippen molar-refractivity contribution in [1.82, 2.24) is 10.3 Å². The van der Waals surface area contributed by atoms with Gasteiger partial charge in [-0.3, -0.25) is 4.79 Å². The highest BCUT2D eigenvalue weighted by Crippen LogP contribution is 2.23. The summed E-state index contributed by atoms with van der Waals surface area (Å²) in [6, 6.07) is 13.0. The fraction of sp³-hybridized carbons (Fsp3) is 0.217. The van der Waals surface area contributed by atoms with Crippen LogP contribution in [0.15, 0.2) is 53.9 Å². The molecule has 1 heterocycles. The number of hydrogen-bond donors (Lipinski definition) is 1. The number of benzene rings is 2. The van der Waals surface area contributed by atoms with E-state index in [4.69, 9.17) is 14.2 Å². The van der Waals surface area contributed by atoms with Crippen molar-refractivity contribution in [2.75, 3.05) is 14.2 Å². The van der Waals surface area contributed by atoms with Gasteiger partial charge in [0.25, 0.3) is 0 Å². The minimum absolute atomic E-state index is 0.195. The molecule has 3 aromatic rings. The van der Waals surface area contributed by atoms with Crippen LogP contribution < -0.4 is 19.5 Å². The monoisotopic (exact) mass is 424 g/mol. The summed E-state index contributed by atoms with van der Waals surface area (Å²) in [7, 11) is 3.20. The number of carbonyl (C=O) groups is 1. The first-order valence-electron chi connectivity index (χ1n) is 9.38. The highest BCUT2D eigenvalue weighted by atomic mass is 32.1. The van der Waals surface area contributed by atoms with Crippen molar-refractivity contribution in [2.24, 2.45) is 0 Å². The molecule has 2 aromatic carbocycles. The molecule has 0 radical (unpaired) electrons. The molecule has 0 aliphatic heterocycles. The van der Waals surface area contributed by atoms with Gasteiger partial charge in [0.1, 0.15) is 23.9 Å². The number of thiazole rings is 1. The standard InChI is InChI=1S/C23H24N2O4S/c1-16-25-19(15-30-16)14-29-20-7-4-17(5-8-20)6-11-23(26)24-13-18-12-21(27-2)9-10-22(18)28-3/h4-12,15H,13-14H2,1-3H3,(H,24,26)/b11-6+. The Hall–Kier alpha value is -3.32. The van der Waals surface area contributed by atoms with E-state index in [9.17, 15) is 4.79 Å². The summed E-state index contributed by atoms with van der Waals surface area (Å²) in [5.74, 6) is 1.97. The summed E-state index contributed by atoms with van der Waals surface area (Å²) in [5.41, 5.74) is 2.67. The quantitative estimate of drug-likeness (QED) is 0.517. The van der Waals surface area contributed by atoms with Crippen LogP contribution in [0.1, 0.15) is 21.8 Å². The SMILES string of the molecule is COc1ccc(OC)c(CNC(=O)/C=C/c2ccc(OCc3csc(C)n3)cc2)c1. The topological polar surface area (TPSA) is 69.7 Å². The van der Waals surface area contributed by atoms with E-state index in [1.807, 2.05) is 54.8 Å². The van der Waals surface area contributed by atoms with E-state index >= 15 is 0 Å². The average Bonchev–Trinajstić information content (AvgIpc) is 3.20. The van der Waals surface area contributed by atoms with Crippen molar-refractivity contribution in [3.8, 4) is 17.2 Å². The lowest BCUT2D eigenvalue weighted by Gasteiger charge is -2.10. The van der Waals surface area contributed by atoms with Crippen LogP contribution in [0.4, 0.5) is 0 Å².